The summed E-state index contributed by atoms with van der Waals surface area (Å²) in [5.74, 6) is 0.0830. The van der Waals surface area contributed by atoms with Crippen molar-refractivity contribution < 1.29 is 23.8 Å². The number of Topliss-reactive ketones (excluding diaryl/α,β-unsaturated/α-hetero) is 1. The van der Waals surface area contributed by atoms with Crippen molar-refractivity contribution >= 4 is 23.4 Å². The molecule has 0 radical (unpaired) electrons. The van der Waals surface area contributed by atoms with Gasteiger partial charge in [0.25, 0.3) is 0 Å². The fourth-order valence-electron chi connectivity index (χ4n) is 5.00. The van der Waals surface area contributed by atoms with Crippen molar-refractivity contribution in [3.05, 3.63) is 81.2 Å². The number of hydrogen-bond donors (Lipinski definition) is 1. The predicted octanol–water partition coefficient (Wildman–Crippen LogP) is 6.09. The molecule has 0 saturated carbocycles. The third-order valence-electron chi connectivity index (χ3n) is 6.60. The van der Waals surface area contributed by atoms with Crippen molar-refractivity contribution in [2.24, 2.45) is 5.41 Å². The van der Waals surface area contributed by atoms with E-state index < -0.39 is 11.9 Å². The van der Waals surface area contributed by atoms with E-state index in [0.717, 1.165) is 16.8 Å². The highest BCUT2D eigenvalue weighted by Crippen LogP contribution is 2.48. The quantitative estimate of drug-likeness (QED) is 0.455. The topological polar surface area (TPSA) is 73.9 Å². The van der Waals surface area contributed by atoms with Crippen molar-refractivity contribution in [2.75, 3.05) is 13.7 Å². The summed E-state index contributed by atoms with van der Waals surface area (Å²) < 4.78 is 17.1. The molecule has 2 aromatic rings. The molecule has 0 fully saturated rings. The third kappa shape index (κ3) is 5.14. The Bertz CT molecular complexity index is 1260. The lowest BCUT2D eigenvalue weighted by molar-refractivity contribution is -0.138. The zero-order valence-corrected chi connectivity index (χ0v) is 22.1. The van der Waals surface area contributed by atoms with Gasteiger partial charge in [0.05, 0.1) is 19.3 Å². The van der Waals surface area contributed by atoms with Crippen molar-refractivity contribution in [1.29, 1.82) is 0 Å². The van der Waals surface area contributed by atoms with Gasteiger partial charge >= 0.3 is 5.97 Å². The molecule has 1 heterocycles. The molecule has 0 bridgehead atoms. The minimum Gasteiger partial charge on any atom is -0.493 e. The van der Waals surface area contributed by atoms with E-state index in [1.165, 1.54) is 0 Å². The predicted molar refractivity (Wildman–Crippen MR) is 139 cm³/mol. The lowest BCUT2D eigenvalue weighted by atomic mass is 9.68. The summed E-state index contributed by atoms with van der Waals surface area (Å²) in [6, 6.07) is 13.0. The average molecular weight is 510 g/mol. The van der Waals surface area contributed by atoms with E-state index in [1.54, 1.807) is 14.0 Å². The molecule has 0 saturated heterocycles. The van der Waals surface area contributed by atoms with Crippen LogP contribution in [0.1, 0.15) is 57.6 Å². The van der Waals surface area contributed by atoms with Crippen LogP contribution in [0.3, 0.4) is 0 Å². The second kappa shape index (κ2) is 10.4. The first-order valence-electron chi connectivity index (χ1n) is 12.1. The molecule has 0 aromatic heterocycles. The van der Waals surface area contributed by atoms with Crippen molar-refractivity contribution in [3.63, 3.8) is 0 Å². The molecule has 2 aromatic carbocycles. The van der Waals surface area contributed by atoms with Crippen LogP contribution in [0.2, 0.25) is 5.02 Å². The maximum Gasteiger partial charge on any atom is 0.336 e. The molecular weight excluding hydrogens is 478 g/mol. The van der Waals surface area contributed by atoms with Crippen LogP contribution in [0.15, 0.2) is 65.0 Å². The summed E-state index contributed by atoms with van der Waals surface area (Å²) in [7, 11) is 1.57. The van der Waals surface area contributed by atoms with Crippen LogP contribution in [0.5, 0.6) is 11.5 Å². The molecule has 1 aliphatic heterocycles. The summed E-state index contributed by atoms with van der Waals surface area (Å²) in [6.45, 7) is 8.31. The smallest absolute Gasteiger partial charge is 0.336 e. The Hall–Kier alpha value is -3.25. The molecule has 0 spiro atoms. The van der Waals surface area contributed by atoms with E-state index >= 15 is 0 Å². The molecule has 36 heavy (non-hydrogen) atoms. The molecule has 1 atom stereocenters. The van der Waals surface area contributed by atoms with Crippen LogP contribution in [0.25, 0.3) is 0 Å². The maximum atomic E-state index is 13.4. The second-order valence-electron chi connectivity index (χ2n) is 9.94. The van der Waals surface area contributed by atoms with E-state index in [0.29, 0.717) is 46.2 Å². The van der Waals surface area contributed by atoms with E-state index in [2.05, 4.69) is 19.2 Å². The Morgan fingerprint density at radius 1 is 1.14 bits per heavy atom. The Labute approximate surface area is 217 Å². The van der Waals surface area contributed by atoms with Crippen LogP contribution in [-0.4, -0.2) is 25.5 Å². The van der Waals surface area contributed by atoms with Gasteiger partial charge in [-0.05, 0) is 49.4 Å². The first-order chi connectivity index (χ1) is 17.1. The van der Waals surface area contributed by atoms with Gasteiger partial charge in [0, 0.05) is 39.9 Å². The lowest BCUT2D eigenvalue weighted by Crippen LogP contribution is -2.38. The Morgan fingerprint density at radius 3 is 2.58 bits per heavy atom. The zero-order valence-electron chi connectivity index (χ0n) is 21.4. The van der Waals surface area contributed by atoms with Gasteiger partial charge in [0.15, 0.2) is 17.3 Å². The monoisotopic (exact) mass is 509 g/mol. The first kappa shape index (κ1) is 25.8. The van der Waals surface area contributed by atoms with Crippen molar-refractivity contribution in [1.82, 2.24) is 5.32 Å². The number of ether oxygens (including phenoxy) is 3. The number of esters is 1. The standard InChI is InChI=1S/C29H32ClNO5/c1-6-35-28(33)25-17(2)31-21-14-29(3,4)15-22(32)27(21)26(25)18-11-12-23(24(13-18)34-5)36-16-19-9-7-8-10-20(19)30/h7-13,26,31H,6,14-16H2,1-5H3/t26-/m1/s1. The minimum absolute atomic E-state index is 0.0334. The van der Waals surface area contributed by atoms with E-state index in [4.69, 9.17) is 25.8 Å². The van der Waals surface area contributed by atoms with Crippen LogP contribution in [0.4, 0.5) is 0 Å². The van der Waals surface area contributed by atoms with Gasteiger partial charge in [0.2, 0.25) is 0 Å². The van der Waals surface area contributed by atoms with E-state index in [-0.39, 0.29) is 24.4 Å². The first-order valence-corrected chi connectivity index (χ1v) is 12.5. The number of allylic oxidation sites excluding steroid dienone is 3. The third-order valence-corrected chi connectivity index (χ3v) is 6.97. The molecule has 2 aliphatic rings. The summed E-state index contributed by atoms with van der Waals surface area (Å²) in [5.41, 5.74) is 4.08. The number of ketones is 1. The van der Waals surface area contributed by atoms with E-state index in [1.807, 2.05) is 49.4 Å². The van der Waals surface area contributed by atoms with Crippen LogP contribution in [-0.2, 0) is 20.9 Å². The van der Waals surface area contributed by atoms with Gasteiger partial charge in [-0.25, -0.2) is 4.79 Å². The summed E-state index contributed by atoms with van der Waals surface area (Å²) in [4.78, 5) is 26.5. The number of dihydropyridines is 1. The average Bonchev–Trinajstić information content (AvgIpc) is 2.82. The molecule has 6 nitrogen and oxygen atoms in total. The van der Waals surface area contributed by atoms with E-state index in [9.17, 15) is 9.59 Å². The second-order valence-corrected chi connectivity index (χ2v) is 10.3. The summed E-state index contributed by atoms with van der Waals surface area (Å²) >= 11 is 6.27. The van der Waals surface area contributed by atoms with Gasteiger partial charge in [-0.15, -0.1) is 0 Å². The van der Waals surface area contributed by atoms with Gasteiger partial charge < -0.3 is 19.5 Å². The highest BCUT2D eigenvalue weighted by atomic mass is 35.5. The fraction of sp³-hybridized carbons (Fsp3) is 0.379. The Kier molecular flexibility index (Phi) is 7.46. The summed E-state index contributed by atoms with van der Waals surface area (Å²) in [5, 5.41) is 3.97. The molecule has 4 rings (SSSR count). The van der Waals surface area contributed by atoms with Crippen LogP contribution in [0, 0.1) is 5.41 Å². The molecule has 1 aliphatic carbocycles. The lowest BCUT2D eigenvalue weighted by Gasteiger charge is -2.39. The highest BCUT2D eigenvalue weighted by Gasteiger charge is 2.43. The normalized spacial score (nSPS) is 18.9. The largest absolute Gasteiger partial charge is 0.493 e. The Balaban J connectivity index is 1.75. The van der Waals surface area contributed by atoms with Gasteiger partial charge in [-0.1, -0.05) is 49.7 Å². The maximum absolute atomic E-state index is 13.4. The molecule has 7 heteroatoms. The number of carbonyl (C=O) groups excluding carboxylic acids is 2. The molecule has 1 N–H and O–H groups in total. The number of rotatable bonds is 7. The van der Waals surface area contributed by atoms with Gasteiger partial charge in [-0.3, -0.25) is 4.79 Å². The van der Waals surface area contributed by atoms with Crippen molar-refractivity contribution in [3.8, 4) is 11.5 Å². The number of halogens is 1. The fourth-order valence-corrected chi connectivity index (χ4v) is 5.19. The molecule has 190 valence electrons. The number of carbonyl (C=O) groups is 2. The Morgan fingerprint density at radius 2 is 1.89 bits per heavy atom. The number of benzene rings is 2. The molecular formula is C29H32ClNO5. The number of methoxy groups -OCH3 is 1. The highest BCUT2D eigenvalue weighted by molar-refractivity contribution is 6.31. The number of hydrogen-bond acceptors (Lipinski definition) is 6. The zero-order chi connectivity index (χ0) is 26.0. The van der Waals surface area contributed by atoms with Gasteiger partial charge in [-0.2, -0.15) is 0 Å². The molecule has 0 unspecified atom stereocenters. The van der Waals surface area contributed by atoms with Crippen LogP contribution >= 0.6 is 11.6 Å². The van der Waals surface area contributed by atoms with Gasteiger partial charge in [0.1, 0.15) is 6.61 Å². The van der Waals surface area contributed by atoms with Crippen LogP contribution < -0.4 is 14.8 Å². The summed E-state index contributed by atoms with van der Waals surface area (Å²) in [6.07, 6.45) is 1.13. The molecule has 0 amide bonds. The minimum atomic E-state index is -0.560. The van der Waals surface area contributed by atoms with Crippen molar-refractivity contribution in [2.45, 2.75) is 53.1 Å². The SMILES string of the molecule is CCOC(=O)C1=C(C)NC2=C(C(=O)CC(C)(C)C2)[C@@H]1c1ccc(OCc2ccccc2Cl)c(OC)c1. The number of nitrogens with one attached hydrogen (secondary N) is 1.